The van der Waals surface area contributed by atoms with Gasteiger partial charge in [0, 0.05) is 0 Å². The molecule has 0 unspecified atom stereocenters. The fourth-order valence-corrected chi connectivity index (χ4v) is 2.28. The standard InChI is InChI=1S/C9H5BrN4.C5HBrN4/c1-2-3-4-14-8(6-12)7(5-11)13-9(14)10;6-5-9-3(1-7)4(2-8)10-5/h4H2,1H3;(H,9,10). The van der Waals surface area contributed by atoms with Crippen LogP contribution in [0.1, 0.15) is 29.7 Å². The Morgan fingerprint density at radius 3 is 2.12 bits per heavy atom. The van der Waals surface area contributed by atoms with Gasteiger partial charge >= 0.3 is 0 Å². The molecule has 0 aliphatic heterocycles. The Bertz CT molecular complexity index is 945. The van der Waals surface area contributed by atoms with E-state index >= 15 is 0 Å². The predicted molar refractivity (Wildman–Crippen MR) is 88.5 cm³/mol. The number of halogens is 2. The Labute approximate surface area is 154 Å². The number of nitrogens with one attached hydrogen (secondary N) is 1. The number of hydrogen-bond donors (Lipinski definition) is 1. The number of hydrogen-bond acceptors (Lipinski definition) is 6. The fourth-order valence-electron chi connectivity index (χ4n) is 1.43. The van der Waals surface area contributed by atoms with E-state index in [-0.39, 0.29) is 22.8 Å². The van der Waals surface area contributed by atoms with Gasteiger partial charge in [-0.05, 0) is 38.8 Å². The molecule has 2 aromatic heterocycles. The van der Waals surface area contributed by atoms with Gasteiger partial charge in [-0.25, -0.2) is 9.97 Å². The molecular formula is C14H6Br2N8. The van der Waals surface area contributed by atoms with Crippen molar-refractivity contribution < 1.29 is 0 Å². The first-order valence-electron chi connectivity index (χ1n) is 6.03. The second kappa shape index (κ2) is 9.13. The molecular weight excluding hydrogens is 440 g/mol. The molecule has 2 aromatic rings. The molecule has 0 aliphatic rings. The molecule has 2 rings (SSSR count). The first-order chi connectivity index (χ1) is 11.5. The topological polar surface area (TPSA) is 142 Å². The van der Waals surface area contributed by atoms with Crippen LogP contribution < -0.4 is 0 Å². The molecule has 0 atom stereocenters. The molecule has 2 heterocycles. The van der Waals surface area contributed by atoms with Gasteiger partial charge in [0.15, 0.2) is 32.2 Å². The Kier molecular flexibility index (Phi) is 7.21. The van der Waals surface area contributed by atoms with Crippen LogP contribution in [0.2, 0.25) is 0 Å². The lowest BCUT2D eigenvalue weighted by atomic mass is 10.3. The molecule has 0 aromatic carbocycles. The first-order valence-corrected chi connectivity index (χ1v) is 7.62. The van der Waals surface area contributed by atoms with Crippen molar-refractivity contribution in [2.45, 2.75) is 13.5 Å². The number of H-pyrrole nitrogens is 1. The molecule has 0 aliphatic carbocycles. The summed E-state index contributed by atoms with van der Waals surface area (Å²) in [5, 5.41) is 34.2. The Morgan fingerprint density at radius 2 is 1.67 bits per heavy atom. The van der Waals surface area contributed by atoms with Gasteiger partial charge in [0.2, 0.25) is 0 Å². The maximum atomic E-state index is 8.81. The summed E-state index contributed by atoms with van der Waals surface area (Å²) in [4.78, 5) is 10.1. The van der Waals surface area contributed by atoms with Crippen molar-refractivity contribution in [3.8, 4) is 36.1 Å². The summed E-state index contributed by atoms with van der Waals surface area (Å²) in [5.41, 5.74) is 0.670. The molecule has 0 bridgehead atoms. The third kappa shape index (κ3) is 4.45. The van der Waals surface area contributed by atoms with Crippen LogP contribution in [-0.2, 0) is 6.54 Å². The molecule has 10 heteroatoms. The SMILES string of the molecule is CC#CCn1c(Br)nc(C#N)c1C#N.N#Cc1nc(Br)[nH]c1C#N. The minimum Gasteiger partial charge on any atom is -0.323 e. The molecule has 0 saturated heterocycles. The van der Waals surface area contributed by atoms with Crippen molar-refractivity contribution >= 4 is 31.9 Å². The number of nitriles is 4. The minimum atomic E-state index is 0.120. The van der Waals surface area contributed by atoms with Gasteiger partial charge in [-0.2, -0.15) is 21.0 Å². The summed E-state index contributed by atoms with van der Waals surface area (Å²) < 4.78 is 2.41. The van der Waals surface area contributed by atoms with Crippen LogP contribution in [0.15, 0.2) is 9.47 Å². The zero-order valence-electron chi connectivity index (χ0n) is 12.1. The van der Waals surface area contributed by atoms with Crippen LogP contribution in [0, 0.1) is 57.2 Å². The summed E-state index contributed by atoms with van der Waals surface area (Å²) in [6.45, 7) is 2.07. The van der Waals surface area contributed by atoms with E-state index in [0.717, 1.165) is 0 Å². The highest BCUT2D eigenvalue weighted by molar-refractivity contribution is 9.10. The van der Waals surface area contributed by atoms with Crippen LogP contribution >= 0.6 is 31.9 Å². The summed E-state index contributed by atoms with van der Waals surface area (Å²) in [6.07, 6.45) is 0. The Morgan fingerprint density at radius 1 is 1.00 bits per heavy atom. The lowest BCUT2D eigenvalue weighted by Gasteiger charge is -1.97. The van der Waals surface area contributed by atoms with Crippen LogP contribution in [-0.4, -0.2) is 19.5 Å². The number of aromatic amines is 1. The van der Waals surface area contributed by atoms with Gasteiger partial charge in [-0.15, -0.1) is 5.92 Å². The van der Waals surface area contributed by atoms with Crippen molar-refractivity contribution in [2.24, 2.45) is 0 Å². The second-order valence-corrected chi connectivity index (χ2v) is 5.25. The average Bonchev–Trinajstić information content (AvgIpc) is 3.11. The Balaban J connectivity index is 0.000000254. The van der Waals surface area contributed by atoms with E-state index in [0.29, 0.717) is 16.0 Å². The molecule has 24 heavy (non-hydrogen) atoms. The van der Waals surface area contributed by atoms with E-state index in [9.17, 15) is 0 Å². The van der Waals surface area contributed by atoms with Gasteiger partial charge in [0.25, 0.3) is 0 Å². The third-order valence-electron chi connectivity index (χ3n) is 2.44. The highest BCUT2D eigenvalue weighted by Gasteiger charge is 2.13. The van der Waals surface area contributed by atoms with Gasteiger partial charge in [0.05, 0.1) is 6.54 Å². The molecule has 0 radical (unpaired) electrons. The summed E-state index contributed by atoms with van der Waals surface area (Å²) in [7, 11) is 0. The van der Waals surface area contributed by atoms with Crippen molar-refractivity contribution in [3.05, 3.63) is 32.2 Å². The van der Waals surface area contributed by atoms with Gasteiger partial charge < -0.3 is 4.98 Å². The predicted octanol–water partition coefficient (Wildman–Crippen LogP) is 2.33. The fraction of sp³-hybridized carbons (Fsp3) is 0.143. The first kappa shape index (κ1) is 18.9. The van der Waals surface area contributed by atoms with Crippen molar-refractivity contribution in [1.82, 2.24) is 19.5 Å². The maximum Gasteiger partial charge on any atom is 0.180 e. The zero-order valence-corrected chi connectivity index (χ0v) is 15.3. The smallest absolute Gasteiger partial charge is 0.180 e. The molecule has 0 saturated carbocycles. The van der Waals surface area contributed by atoms with E-state index in [1.807, 2.05) is 12.1 Å². The van der Waals surface area contributed by atoms with E-state index in [2.05, 4.69) is 58.7 Å². The number of nitrogens with zero attached hydrogens (tertiary/aromatic N) is 7. The van der Waals surface area contributed by atoms with E-state index < -0.39 is 0 Å². The highest BCUT2D eigenvalue weighted by atomic mass is 79.9. The van der Waals surface area contributed by atoms with Gasteiger partial charge in [-0.1, -0.05) is 5.92 Å². The minimum absolute atomic E-state index is 0.120. The van der Waals surface area contributed by atoms with E-state index in [4.69, 9.17) is 21.0 Å². The van der Waals surface area contributed by atoms with Crippen LogP contribution in [0.4, 0.5) is 0 Å². The van der Waals surface area contributed by atoms with Crippen LogP contribution in [0.3, 0.4) is 0 Å². The van der Waals surface area contributed by atoms with Crippen molar-refractivity contribution in [1.29, 1.82) is 21.0 Å². The molecule has 116 valence electrons. The van der Waals surface area contributed by atoms with E-state index in [1.165, 1.54) is 0 Å². The maximum absolute atomic E-state index is 8.81. The summed E-state index contributed by atoms with van der Waals surface area (Å²) in [6, 6.07) is 7.35. The van der Waals surface area contributed by atoms with Crippen LogP contribution in [0.5, 0.6) is 0 Å². The lowest BCUT2D eigenvalue weighted by Crippen LogP contribution is -1.99. The average molecular weight is 446 g/mol. The highest BCUT2D eigenvalue weighted by Crippen LogP contribution is 2.15. The van der Waals surface area contributed by atoms with Crippen molar-refractivity contribution in [2.75, 3.05) is 0 Å². The Hall–Kier alpha value is -3.10. The lowest BCUT2D eigenvalue weighted by molar-refractivity contribution is 0.800. The van der Waals surface area contributed by atoms with Crippen molar-refractivity contribution in [3.63, 3.8) is 0 Å². The quantitative estimate of drug-likeness (QED) is 0.667. The summed E-state index contributed by atoms with van der Waals surface area (Å²) in [5.74, 6) is 5.51. The molecule has 8 nitrogen and oxygen atoms in total. The molecule has 1 N–H and O–H groups in total. The van der Waals surface area contributed by atoms with Gasteiger partial charge in [-0.3, -0.25) is 4.57 Å². The van der Waals surface area contributed by atoms with Crippen LogP contribution in [0.25, 0.3) is 0 Å². The monoisotopic (exact) mass is 444 g/mol. The second-order valence-electron chi connectivity index (χ2n) is 3.79. The molecule has 0 fully saturated rings. The molecule has 0 spiro atoms. The number of imidazole rings is 2. The third-order valence-corrected chi connectivity index (χ3v) is 3.42. The number of aromatic nitrogens is 4. The van der Waals surface area contributed by atoms with E-state index in [1.54, 1.807) is 23.6 Å². The number of rotatable bonds is 1. The summed E-state index contributed by atoms with van der Waals surface area (Å²) >= 11 is 6.16. The van der Waals surface area contributed by atoms with Gasteiger partial charge in [0.1, 0.15) is 24.3 Å². The normalized spacial score (nSPS) is 8.29. The molecule has 0 amide bonds. The zero-order chi connectivity index (χ0) is 18.1. The largest absolute Gasteiger partial charge is 0.323 e.